The second-order valence-electron chi connectivity index (χ2n) is 1.51. The van der Waals surface area contributed by atoms with Crippen LogP contribution in [0, 0.1) is 0 Å². The quantitative estimate of drug-likeness (QED) is 0.516. The van der Waals surface area contributed by atoms with Gasteiger partial charge in [-0.3, -0.25) is 4.79 Å². The first-order chi connectivity index (χ1) is 4.00. The van der Waals surface area contributed by atoms with E-state index in [-0.39, 0.29) is 5.78 Å². The zero-order chi connectivity index (χ0) is 7.86. The van der Waals surface area contributed by atoms with Gasteiger partial charge in [0, 0.05) is 0 Å². The summed E-state index contributed by atoms with van der Waals surface area (Å²) in [6.07, 6.45) is 1.06. The highest BCUT2D eigenvalue weighted by Crippen LogP contribution is 1.50. The first-order valence-electron chi connectivity index (χ1n) is 2.39. The summed E-state index contributed by atoms with van der Waals surface area (Å²) in [6.45, 7) is 6.14. The van der Waals surface area contributed by atoms with E-state index in [0.717, 1.165) is 6.08 Å². The van der Waals surface area contributed by atoms with Crippen molar-refractivity contribution in [2.24, 2.45) is 5.73 Å². The lowest BCUT2D eigenvalue weighted by Crippen LogP contribution is -2.04. The Hall–Kier alpha value is -1.12. The largest absolute Gasteiger partial charge is 0.366 e. The fourth-order valence-corrected chi connectivity index (χ4v) is 0. The summed E-state index contributed by atoms with van der Waals surface area (Å²) in [7, 11) is 0. The van der Waals surface area contributed by atoms with E-state index in [1.165, 1.54) is 13.8 Å². The van der Waals surface area contributed by atoms with Crippen LogP contribution in [-0.4, -0.2) is 11.7 Å². The molecule has 0 radical (unpaired) electrons. The number of carbonyl (C=O) groups is 2. The molecular formula is C6H11NO2. The second kappa shape index (κ2) is 6.88. The van der Waals surface area contributed by atoms with Crippen LogP contribution in [0.15, 0.2) is 12.7 Å². The summed E-state index contributed by atoms with van der Waals surface area (Å²) >= 11 is 0. The predicted octanol–water partition coefficient (Wildman–Crippen LogP) is 0.253. The summed E-state index contributed by atoms with van der Waals surface area (Å²) in [5, 5.41) is 0. The molecule has 1 amide bonds. The highest BCUT2D eigenvalue weighted by molar-refractivity contribution is 5.84. The Bertz CT molecular complexity index is 114. The number of Topliss-reactive ketones (excluding diaryl/α,β-unsaturated/α-hetero) is 1. The molecule has 0 aliphatic rings. The molecule has 0 saturated carbocycles. The Morgan fingerprint density at radius 1 is 1.44 bits per heavy atom. The molecule has 0 atom stereocenters. The van der Waals surface area contributed by atoms with E-state index in [1.54, 1.807) is 0 Å². The number of primary amides is 1. The van der Waals surface area contributed by atoms with Gasteiger partial charge in [-0.05, 0) is 19.9 Å². The van der Waals surface area contributed by atoms with E-state index >= 15 is 0 Å². The number of carbonyl (C=O) groups excluding carboxylic acids is 2. The van der Waals surface area contributed by atoms with E-state index in [0.29, 0.717) is 0 Å². The van der Waals surface area contributed by atoms with Crippen molar-refractivity contribution in [1.82, 2.24) is 0 Å². The highest BCUT2D eigenvalue weighted by Gasteiger charge is 1.69. The maximum Gasteiger partial charge on any atom is 0.240 e. The third-order valence-corrected chi connectivity index (χ3v) is 0.201. The fraction of sp³-hybridized carbons (Fsp3) is 0.333. The topological polar surface area (TPSA) is 60.2 Å². The van der Waals surface area contributed by atoms with Crippen molar-refractivity contribution in [3.8, 4) is 0 Å². The molecule has 3 nitrogen and oxygen atoms in total. The first-order valence-corrected chi connectivity index (χ1v) is 2.39. The Morgan fingerprint density at radius 3 is 1.56 bits per heavy atom. The van der Waals surface area contributed by atoms with Crippen LogP contribution in [-0.2, 0) is 9.59 Å². The zero-order valence-corrected chi connectivity index (χ0v) is 5.68. The fourth-order valence-electron chi connectivity index (χ4n) is 0. The average molecular weight is 129 g/mol. The Labute approximate surface area is 54.5 Å². The van der Waals surface area contributed by atoms with Gasteiger partial charge in [0.05, 0.1) is 0 Å². The van der Waals surface area contributed by atoms with E-state index in [1.807, 2.05) is 0 Å². The van der Waals surface area contributed by atoms with E-state index in [9.17, 15) is 9.59 Å². The van der Waals surface area contributed by atoms with Gasteiger partial charge in [-0.1, -0.05) is 6.58 Å². The van der Waals surface area contributed by atoms with Gasteiger partial charge in [0.25, 0.3) is 0 Å². The number of hydrogen-bond donors (Lipinski definition) is 1. The summed E-state index contributed by atoms with van der Waals surface area (Å²) in [6, 6.07) is 0. The maximum absolute atomic E-state index is 9.47. The van der Waals surface area contributed by atoms with Crippen LogP contribution < -0.4 is 5.73 Å². The van der Waals surface area contributed by atoms with Crippen molar-refractivity contribution in [3.05, 3.63) is 12.7 Å². The van der Waals surface area contributed by atoms with E-state index in [2.05, 4.69) is 12.3 Å². The molecule has 0 aliphatic carbocycles. The lowest BCUT2D eigenvalue weighted by atomic mass is 10.6. The lowest BCUT2D eigenvalue weighted by Gasteiger charge is -1.65. The molecule has 0 aliphatic heterocycles. The van der Waals surface area contributed by atoms with Crippen molar-refractivity contribution in [1.29, 1.82) is 0 Å². The maximum atomic E-state index is 9.47. The zero-order valence-electron chi connectivity index (χ0n) is 5.68. The number of ketones is 1. The van der Waals surface area contributed by atoms with Gasteiger partial charge in [-0.2, -0.15) is 0 Å². The molecule has 0 bridgehead atoms. The van der Waals surface area contributed by atoms with Crippen LogP contribution in [0.2, 0.25) is 0 Å². The van der Waals surface area contributed by atoms with Crippen molar-refractivity contribution < 1.29 is 9.59 Å². The average Bonchev–Trinajstić information content (AvgIpc) is 1.65. The second-order valence-corrected chi connectivity index (χ2v) is 1.51. The standard InChI is InChI=1S/C3H5NO.C3H6O/c1-2-3(4)5;1-3(2)4/h2H,1H2,(H2,4,5);1-2H3. The Balaban J connectivity index is 0. The normalized spacial score (nSPS) is 6.44. The van der Waals surface area contributed by atoms with Gasteiger partial charge in [0.1, 0.15) is 5.78 Å². The van der Waals surface area contributed by atoms with Crippen molar-refractivity contribution in [2.45, 2.75) is 13.8 Å². The molecule has 9 heavy (non-hydrogen) atoms. The summed E-state index contributed by atoms with van der Waals surface area (Å²) in [5.74, 6) is -0.315. The van der Waals surface area contributed by atoms with Gasteiger partial charge in [0.2, 0.25) is 5.91 Å². The SMILES string of the molecule is C=CC(N)=O.CC(C)=O. The van der Waals surface area contributed by atoms with E-state index in [4.69, 9.17) is 0 Å². The van der Waals surface area contributed by atoms with Crippen LogP contribution in [0.5, 0.6) is 0 Å². The van der Waals surface area contributed by atoms with Gasteiger partial charge in [-0.15, -0.1) is 0 Å². The van der Waals surface area contributed by atoms with Gasteiger partial charge >= 0.3 is 0 Å². The molecule has 0 aromatic carbocycles. The molecule has 2 N–H and O–H groups in total. The number of rotatable bonds is 1. The Kier molecular flexibility index (Phi) is 8.25. The van der Waals surface area contributed by atoms with Crippen molar-refractivity contribution >= 4 is 11.7 Å². The molecule has 0 fully saturated rings. The highest BCUT2D eigenvalue weighted by atomic mass is 16.1. The summed E-state index contributed by atoms with van der Waals surface area (Å²) in [4.78, 5) is 18.9. The van der Waals surface area contributed by atoms with Gasteiger partial charge in [-0.25, -0.2) is 0 Å². The van der Waals surface area contributed by atoms with Gasteiger partial charge < -0.3 is 10.5 Å². The Morgan fingerprint density at radius 2 is 1.56 bits per heavy atom. The summed E-state index contributed by atoms with van der Waals surface area (Å²) < 4.78 is 0. The minimum absolute atomic E-state index is 0.167. The molecule has 0 unspecified atom stereocenters. The van der Waals surface area contributed by atoms with Crippen LogP contribution in [0.1, 0.15) is 13.8 Å². The predicted molar refractivity (Wildman–Crippen MR) is 35.7 cm³/mol. The minimum atomic E-state index is -0.481. The lowest BCUT2D eigenvalue weighted by molar-refractivity contribution is -0.115. The molecule has 0 saturated heterocycles. The smallest absolute Gasteiger partial charge is 0.240 e. The molecule has 0 heterocycles. The van der Waals surface area contributed by atoms with Crippen molar-refractivity contribution in [2.75, 3.05) is 0 Å². The van der Waals surface area contributed by atoms with Crippen LogP contribution >= 0.6 is 0 Å². The van der Waals surface area contributed by atoms with Gasteiger partial charge in [0.15, 0.2) is 0 Å². The van der Waals surface area contributed by atoms with E-state index < -0.39 is 5.91 Å². The van der Waals surface area contributed by atoms with Crippen LogP contribution in [0.4, 0.5) is 0 Å². The molecule has 0 rings (SSSR count). The minimum Gasteiger partial charge on any atom is -0.366 e. The monoisotopic (exact) mass is 129 g/mol. The van der Waals surface area contributed by atoms with Crippen molar-refractivity contribution in [3.63, 3.8) is 0 Å². The molecular weight excluding hydrogens is 118 g/mol. The number of amides is 1. The first kappa shape index (κ1) is 10.8. The molecule has 52 valence electrons. The molecule has 0 aromatic heterocycles. The molecule has 0 aromatic rings. The summed E-state index contributed by atoms with van der Waals surface area (Å²) in [5.41, 5.74) is 4.53. The molecule has 0 spiro atoms. The third kappa shape index (κ3) is 212. The third-order valence-electron chi connectivity index (χ3n) is 0.201. The molecule has 3 heteroatoms. The van der Waals surface area contributed by atoms with Crippen LogP contribution in [0.25, 0.3) is 0 Å². The van der Waals surface area contributed by atoms with Crippen LogP contribution in [0.3, 0.4) is 0 Å². The number of hydrogen-bond acceptors (Lipinski definition) is 2. The number of nitrogens with two attached hydrogens (primary N) is 1.